The Morgan fingerprint density at radius 3 is 2.61 bits per heavy atom. The van der Waals surface area contributed by atoms with Crippen LogP contribution in [0.1, 0.15) is 30.8 Å². The van der Waals surface area contributed by atoms with E-state index in [-0.39, 0.29) is 5.91 Å². The number of rotatable bonds is 7. The van der Waals surface area contributed by atoms with Crippen molar-refractivity contribution in [3.05, 3.63) is 42.4 Å². The topological polar surface area (TPSA) is 76.1 Å². The molecule has 1 aromatic heterocycles. The summed E-state index contributed by atoms with van der Waals surface area (Å²) in [4.78, 5) is 20.2. The lowest BCUT2D eigenvalue weighted by Crippen LogP contribution is -2.26. The maximum absolute atomic E-state index is 12.1. The summed E-state index contributed by atoms with van der Waals surface area (Å²) in [6, 6.07) is 9.09. The lowest BCUT2D eigenvalue weighted by Gasteiger charge is -2.09. The first kappa shape index (κ1) is 16.7. The predicted molar refractivity (Wildman–Crippen MR) is 90.1 cm³/mol. The smallest absolute Gasteiger partial charge is 0.270 e. The number of anilines is 2. The van der Waals surface area contributed by atoms with E-state index in [1.54, 1.807) is 13.2 Å². The van der Waals surface area contributed by atoms with Crippen LogP contribution in [0.25, 0.3) is 0 Å². The molecule has 2 rings (SSSR count). The van der Waals surface area contributed by atoms with Crippen molar-refractivity contribution >= 4 is 17.4 Å². The predicted octanol–water partition coefficient (Wildman–Crippen LogP) is 3.00. The molecule has 0 fully saturated rings. The third-order valence-corrected chi connectivity index (χ3v) is 3.27. The molecular formula is C17H22N4O2. The summed E-state index contributed by atoms with van der Waals surface area (Å²) in [5.74, 6) is 1.71. The zero-order valence-electron chi connectivity index (χ0n) is 13.7. The van der Waals surface area contributed by atoms with Crippen molar-refractivity contribution in [1.29, 1.82) is 0 Å². The molecular weight excluding hydrogens is 292 g/mol. The highest BCUT2D eigenvalue weighted by molar-refractivity contribution is 5.92. The van der Waals surface area contributed by atoms with Gasteiger partial charge in [0.05, 0.1) is 7.11 Å². The molecule has 23 heavy (non-hydrogen) atoms. The Balaban J connectivity index is 1.99. The number of amides is 1. The van der Waals surface area contributed by atoms with Gasteiger partial charge in [-0.2, -0.15) is 0 Å². The molecule has 0 saturated carbocycles. The fraction of sp³-hybridized carbons (Fsp3) is 0.353. The molecule has 0 unspecified atom stereocenters. The van der Waals surface area contributed by atoms with Crippen LogP contribution in [-0.2, 0) is 0 Å². The van der Waals surface area contributed by atoms with Crippen molar-refractivity contribution in [2.45, 2.75) is 20.3 Å². The summed E-state index contributed by atoms with van der Waals surface area (Å²) in [6.45, 7) is 4.88. The van der Waals surface area contributed by atoms with Crippen LogP contribution >= 0.6 is 0 Å². The summed E-state index contributed by atoms with van der Waals surface area (Å²) >= 11 is 0. The van der Waals surface area contributed by atoms with Gasteiger partial charge in [0, 0.05) is 18.3 Å². The average molecular weight is 314 g/mol. The summed E-state index contributed by atoms with van der Waals surface area (Å²) in [5, 5.41) is 6.00. The monoisotopic (exact) mass is 314 g/mol. The Morgan fingerprint density at radius 1 is 1.22 bits per heavy atom. The van der Waals surface area contributed by atoms with E-state index in [4.69, 9.17) is 4.74 Å². The van der Waals surface area contributed by atoms with Crippen molar-refractivity contribution < 1.29 is 9.53 Å². The minimum absolute atomic E-state index is 0.189. The zero-order chi connectivity index (χ0) is 16.7. The van der Waals surface area contributed by atoms with E-state index < -0.39 is 0 Å². The van der Waals surface area contributed by atoms with Gasteiger partial charge in [0.25, 0.3) is 5.91 Å². The van der Waals surface area contributed by atoms with E-state index in [1.165, 1.54) is 6.33 Å². The molecule has 0 aliphatic heterocycles. The first-order chi connectivity index (χ1) is 11.1. The molecule has 0 bridgehead atoms. The Hall–Kier alpha value is -2.63. The van der Waals surface area contributed by atoms with Gasteiger partial charge in [-0.25, -0.2) is 9.97 Å². The molecule has 0 aliphatic rings. The van der Waals surface area contributed by atoms with Crippen LogP contribution in [0.3, 0.4) is 0 Å². The van der Waals surface area contributed by atoms with Crippen LogP contribution in [0.15, 0.2) is 36.7 Å². The molecule has 2 N–H and O–H groups in total. The van der Waals surface area contributed by atoms with Crippen LogP contribution in [0, 0.1) is 5.92 Å². The Labute approximate surface area is 136 Å². The number of benzene rings is 1. The molecule has 0 aliphatic carbocycles. The van der Waals surface area contributed by atoms with Gasteiger partial charge in [0.15, 0.2) is 0 Å². The second-order valence-electron chi connectivity index (χ2n) is 5.58. The molecule has 6 nitrogen and oxygen atoms in total. The van der Waals surface area contributed by atoms with Gasteiger partial charge in [0.1, 0.15) is 23.6 Å². The molecule has 0 atom stereocenters. The van der Waals surface area contributed by atoms with Gasteiger partial charge in [0.2, 0.25) is 0 Å². The standard InChI is InChI=1S/C17H22N4O2/c1-12(2)8-9-18-17(22)15-10-16(20-11-19-15)21-13-4-6-14(23-3)7-5-13/h4-7,10-12H,8-9H2,1-3H3,(H,18,22)(H,19,20,21). The second kappa shape index (κ2) is 8.12. The minimum Gasteiger partial charge on any atom is -0.497 e. The van der Waals surface area contributed by atoms with E-state index in [2.05, 4.69) is 34.4 Å². The minimum atomic E-state index is -0.189. The third-order valence-electron chi connectivity index (χ3n) is 3.27. The van der Waals surface area contributed by atoms with Crippen molar-refractivity contribution in [3.8, 4) is 5.75 Å². The Kier molecular flexibility index (Phi) is 5.91. The van der Waals surface area contributed by atoms with E-state index in [1.807, 2.05) is 24.3 Å². The third kappa shape index (κ3) is 5.25. The van der Waals surface area contributed by atoms with Crippen LogP contribution in [-0.4, -0.2) is 29.5 Å². The summed E-state index contributed by atoms with van der Waals surface area (Å²) in [7, 11) is 1.62. The van der Waals surface area contributed by atoms with E-state index in [0.29, 0.717) is 24.0 Å². The lowest BCUT2D eigenvalue weighted by atomic mass is 10.1. The highest BCUT2D eigenvalue weighted by Crippen LogP contribution is 2.18. The van der Waals surface area contributed by atoms with Gasteiger partial charge in [-0.15, -0.1) is 0 Å². The number of carbonyl (C=O) groups is 1. The van der Waals surface area contributed by atoms with Crippen molar-refractivity contribution in [2.75, 3.05) is 19.0 Å². The summed E-state index contributed by atoms with van der Waals surface area (Å²) in [6.07, 6.45) is 2.32. The molecule has 1 aromatic carbocycles. The lowest BCUT2D eigenvalue weighted by molar-refractivity contribution is 0.0947. The van der Waals surface area contributed by atoms with Gasteiger partial charge < -0.3 is 15.4 Å². The highest BCUT2D eigenvalue weighted by atomic mass is 16.5. The maximum Gasteiger partial charge on any atom is 0.270 e. The highest BCUT2D eigenvalue weighted by Gasteiger charge is 2.08. The number of hydrogen-bond acceptors (Lipinski definition) is 5. The molecule has 0 spiro atoms. The van der Waals surface area contributed by atoms with E-state index >= 15 is 0 Å². The fourth-order valence-corrected chi connectivity index (χ4v) is 1.94. The first-order valence-corrected chi connectivity index (χ1v) is 7.60. The number of aromatic nitrogens is 2. The van der Waals surface area contributed by atoms with Crippen LogP contribution in [0.5, 0.6) is 5.75 Å². The maximum atomic E-state index is 12.1. The van der Waals surface area contributed by atoms with Crippen LogP contribution in [0.2, 0.25) is 0 Å². The van der Waals surface area contributed by atoms with Crippen molar-refractivity contribution in [2.24, 2.45) is 5.92 Å². The van der Waals surface area contributed by atoms with Crippen molar-refractivity contribution in [3.63, 3.8) is 0 Å². The molecule has 122 valence electrons. The van der Waals surface area contributed by atoms with Gasteiger partial charge >= 0.3 is 0 Å². The van der Waals surface area contributed by atoms with Crippen LogP contribution < -0.4 is 15.4 Å². The number of nitrogens with zero attached hydrogens (tertiary/aromatic N) is 2. The average Bonchev–Trinajstić information content (AvgIpc) is 2.55. The van der Waals surface area contributed by atoms with Crippen molar-refractivity contribution in [1.82, 2.24) is 15.3 Å². The molecule has 0 radical (unpaired) electrons. The largest absolute Gasteiger partial charge is 0.497 e. The number of nitrogens with one attached hydrogen (secondary N) is 2. The fourth-order valence-electron chi connectivity index (χ4n) is 1.94. The quantitative estimate of drug-likeness (QED) is 0.821. The summed E-state index contributed by atoms with van der Waals surface area (Å²) < 4.78 is 5.12. The molecule has 2 aromatic rings. The number of hydrogen-bond donors (Lipinski definition) is 2. The molecule has 1 amide bonds. The molecule has 0 saturated heterocycles. The summed E-state index contributed by atoms with van der Waals surface area (Å²) in [5.41, 5.74) is 1.20. The Bertz CT molecular complexity index is 641. The second-order valence-corrected chi connectivity index (χ2v) is 5.58. The number of ether oxygens (including phenoxy) is 1. The zero-order valence-corrected chi connectivity index (χ0v) is 13.7. The SMILES string of the molecule is COc1ccc(Nc2cc(C(=O)NCCC(C)C)ncn2)cc1. The molecule has 1 heterocycles. The normalized spacial score (nSPS) is 10.4. The first-order valence-electron chi connectivity index (χ1n) is 7.60. The van der Waals surface area contributed by atoms with E-state index in [9.17, 15) is 4.79 Å². The number of carbonyl (C=O) groups excluding carboxylic acids is 1. The number of methoxy groups -OCH3 is 1. The van der Waals surface area contributed by atoms with Gasteiger partial charge in [-0.3, -0.25) is 4.79 Å². The molecule has 6 heteroatoms. The Morgan fingerprint density at radius 2 is 1.96 bits per heavy atom. The van der Waals surface area contributed by atoms with Gasteiger partial charge in [-0.05, 0) is 36.6 Å². The van der Waals surface area contributed by atoms with E-state index in [0.717, 1.165) is 17.9 Å². The van der Waals surface area contributed by atoms with Crippen LogP contribution in [0.4, 0.5) is 11.5 Å². The van der Waals surface area contributed by atoms with Gasteiger partial charge in [-0.1, -0.05) is 13.8 Å².